The van der Waals surface area contributed by atoms with Crippen LogP contribution in [0.3, 0.4) is 0 Å². The van der Waals surface area contributed by atoms with Gasteiger partial charge in [-0.25, -0.2) is 0 Å². The predicted octanol–water partition coefficient (Wildman–Crippen LogP) is -2.40. The second kappa shape index (κ2) is 9.77. The van der Waals surface area contributed by atoms with Crippen molar-refractivity contribution < 1.29 is 47.3 Å². The second-order valence-electron chi connectivity index (χ2n) is 0.747. The zero-order valence-electron chi connectivity index (χ0n) is 5.44. The summed E-state index contributed by atoms with van der Waals surface area (Å²) in [5.74, 6) is -0.745. The molecule has 0 heterocycles. The van der Waals surface area contributed by atoms with Crippen molar-refractivity contribution in [3.8, 4) is 0 Å². The normalized spacial score (nSPS) is 5.29. The zero-order chi connectivity index (χ0) is 4.28. The van der Waals surface area contributed by atoms with Gasteiger partial charge in [0.25, 0.3) is 0 Å². The fourth-order valence-electron chi connectivity index (χ4n) is 0. The summed E-state index contributed by atoms with van der Waals surface area (Å²) in [5, 5.41) is 7.72. The fourth-order valence-corrected chi connectivity index (χ4v) is 0. The van der Waals surface area contributed by atoms with Crippen molar-refractivity contribution in [2.45, 2.75) is 13.3 Å². The van der Waals surface area contributed by atoms with Gasteiger partial charge in [0.2, 0.25) is 0 Å². The summed E-state index contributed by atoms with van der Waals surface area (Å²) < 4.78 is 0. The summed E-state index contributed by atoms with van der Waals surface area (Å²) in [5.41, 5.74) is 0. The van der Waals surface area contributed by atoms with Crippen LogP contribution < -0.4 is 18.9 Å². The molecular weight excluding hydrogens is 130 g/mol. The Hall–Kier alpha value is 0.587. The van der Waals surface area contributed by atoms with Gasteiger partial charge in [0.05, 0.1) is 0 Å². The standard InChI is InChI=1S/C3H6O2.Li.Mn.H/c1-2-3(4)5;;;/h2H2,1H3,(H,4,5);;;/q;+1;;-1. The van der Waals surface area contributed by atoms with Crippen molar-refractivity contribution >= 4 is 5.97 Å². The molecule has 39 valence electrons. The smallest absolute Gasteiger partial charge is 1.00 e. The van der Waals surface area contributed by atoms with E-state index in [2.05, 4.69) is 0 Å². The molecule has 0 aromatic rings. The molecule has 0 aromatic heterocycles. The molecule has 0 aliphatic rings. The van der Waals surface area contributed by atoms with Gasteiger partial charge in [-0.15, -0.1) is 0 Å². The van der Waals surface area contributed by atoms with E-state index in [4.69, 9.17) is 5.11 Å². The van der Waals surface area contributed by atoms with Gasteiger partial charge in [0.15, 0.2) is 0 Å². The third-order valence-electron chi connectivity index (χ3n) is 0.302. The molecule has 0 spiro atoms. The molecule has 0 aromatic carbocycles. The molecule has 7 heavy (non-hydrogen) atoms. The maximum Gasteiger partial charge on any atom is 1.00 e. The van der Waals surface area contributed by atoms with E-state index >= 15 is 0 Å². The molecule has 4 heteroatoms. The minimum absolute atomic E-state index is 0. The summed E-state index contributed by atoms with van der Waals surface area (Å²) in [4.78, 5) is 9.37. The van der Waals surface area contributed by atoms with Gasteiger partial charge >= 0.3 is 24.8 Å². The van der Waals surface area contributed by atoms with Crippen LogP contribution in [0.15, 0.2) is 0 Å². The summed E-state index contributed by atoms with van der Waals surface area (Å²) in [6.07, 6.45) is 0.222. The Morgan fingerprint density at radius 3 is 2.00 bits per heavy atom. The number of hydrogen-bond donors (Lipinski definition) is 1. The number of hydrogen-bond acceptors (Lipinski definition) is 1. The van der Waals surface area contributed by atoms with E-state index in [-0.39, 0.29) is 43.8 Å². The van der Waals surface area contributed by atoms with Crippen molar-refractivity contribution in [2.24, 2.45) is 0 Å². The first-order chi connectivity index (χ1) is 2.27. The Morgan fingerprint density at radius 2 is 2.00 bits per heavy atom. The molecule has 0 saturated heterocycles. The van der Waals surface area contributed by atoms with Gasteiger partial charge in [-0.2, -0.15) is 0 Å². The monoisotopic (exact) mass is 137 g/mol. The van der Waals surface area contributed by atoms with E-state index in [0.29, 0.717) is 0 Å². The fraction of sp³-hybridized carbons (Fsp3) is 0.667. The molecular formula is C3H7LiMnO2. The van der Waals surface area contributed by atoms with Crippen LogP contribution in [0, 0.1) is 0 Å². The second-order valence-corrected chi connectivity index (χ2v) is 0.747. The molecule has 1 N–H and O–H groups in total. The van der Waals surface area contributed by atoms with E-state index in [1.807, 2.05) is 0 Å². The Labute approximate surface area is 66.8 Å². The van der Waals surface area contributed by atoms with Gasteiger partial charge in [-0.1, -0.05) is 6.92 Å². The van der Waals surface area contributed by atoms with Crippen LogP contribution in [0.2, 0.25) is 0 Å². The van der Waals surface area contributed by atoms with Crippen LogP contribution in [0.25, 0.3) is 0 Å². The first-order valence-corrected chi connectivity index (χ1v) is 1.49. The average Bonchev–Trinajstić information content (AvgIpc) is 1.38. The first kappa shape index (κ1) is 15.6. The average molecular weight is 137 g/mol. The maximum atomic E-state index is 9.37. The third-order valence-corrected chi connectivity index (χ3v) is 0.302. The van der Waals surface area contributed by atoms with Crippen molar-refractivity contribution in [1.29, 1.82) is 0 Å². The van der Waals surface area contributed by atoms with E-state index in [9.17, 15) is 4.79 Å². The minimum atomic E-state index is -0.745. The molecule has 0 rings (SSSR count). The summed E-state index contributed by atoms with van der Waals surface area (Å²) >= 11 is 0. The molecule has 0 aliphatic carbocycles. The van der Waals surface area contributed by atoms with Gasteiger partial charge in [0, 0.05) is 23.5 Å². The largest absolute Gasteiger partial charge is 1.00 e. The molecule has 0 bridgehead atoms. The van der Waals surface area contributed by atoms with Gasteiger partial charge < -0.3 is 6.53 Å². The Bertz CT molecular complexity index is 52.5. The van der Waals surface area contributed by atoms with Crippen LogP contribution in [0.5, 0.6) is 0 Å². The number of carbonyl (C=O) groups is 1. The first-order valence-electron chi connectivity index (χ1n) is 1.49. The number of carboxylic acid groups (broad SMARTS) is 1. The Kier molecular flexibility index (Phi) is 21.8. The van der Waals surface area contributed by atoms with E-state index in [1.165, 1.54) is 0 Å². The topological polar surface area (TPSA) is 37.3 Å². The van der Waals surface area contributed by atoms with E-state index in [0.717, 1.165) is 0 Å². The van der Waals surface area contributed by atoms with Crippen LogP contribution >= 0.6 is 0 Å². The molecule has 0 amide bonds. The van der Waals surface area contributed by atoms with Gasteiger partial charge in [0.1, 0.15) is 0 Å². The zero-order valence-corrected chi connectivity index (χ0v) is 5.62. The quantitative estimate of drug-likeness (QED) is 0.409. The SMILES string of the molecule is CCC(=O)O.[H-].[Li+].[Mn]. The van der Waals surface area contributed by atoms with E-state index < -0.39 is 5.97 Å². The van der Waals surface area contributed by atoms with Crippen LogP contribution in [0.1, 0.15) is 14.8 Å². The van der Waals surface area contributed by atoms with Crippen LogP contribution in [-0.4, -0.2) is 11.1 Å². The van der Waals surface area contributed by atoms with Crippen molar-refractivity contribution in [2.75, 3.05) is 0 Å². The molecule has 1 radical (unpaired) electrons. The van der Waals surface area contributed by atoms with Crippen molar-refractivity contribution in [1.82, 2.24) is 0 Å². The summed E-state index contributed by atoms with van der Waals surface area (Å²) in [6, 6.07) is 0. The number of rotatable bonds is 1. The maximum absolute atomic E-state index is 9.37. The van der Waals surface area contributed by atoms with Crippen LogP contribution in [-0.2, 0) is 21.9 Å². The minimum Gasteiger partial charge on any atom is -1.00 e. The van der Waals surface area contributed by atoms with Gasteiger partial charge in [-0.05, 0) is 0 Å². The molecule has 0 saturated carbocycles. The molecule has 0 unspecified atom stereocenters. The predicted molar refractivity (Wildman–Crippen MR) is 19.0 cm³/mol. The van der Waals surface area contributed by atoms with Crippen LogP contribution in [0.4, 0.5) is 0 Å². The van der Waals surface area contributed by atoms with E-state index in [1.54, 1.807) is 6.92 Å². The molecule has 0 fully saturated rings. The number of aliphatic carboxylic acids is 1. The number of carboxylic acids is 1. The van der Waals surface area contributed by atoms with Crippen molar-refractivity contribution in [3.05, 3.63) is 0 Å². The molecule has 0 aliphatic heterocycles. The third kappa shape index (κ3) is 20.7. The van der Waals surface area contributed by atoms with Gasteiger partial charge in [-0.3, -0.25) is 4.79 Å². The Balaban J connectivity index is -0.0000000267. The van der Waals surface area contributed by atoms with Crippen molar-refractivity contribution in [3.63, 3.8) is 0 Å². The molecule has 0 atom stereocenters. The molecule has 2 nitrogen and oxygen atoms in total. The Morgan fingerprint density at radius 1 is 1.86 bits per heavy atom. The summed E-state index contributed by atoms with van der Waals surface area (Å²) in [7, 11) is 0. The summed E-state index contributed by atoms with van der Waals surface area (Å²) in [6.45, 7) is 1.60.